The molecule has 10 heteroatoms. The molecule has 4 aromatic carbocycles. The lowest BCUT2D eigenvalue weighted by Crippen LogP contribution is -2.46. The lowest BCUT2D eigenvalue weighted by Gasteiger charge is -2.38. The summed E-state index contributed by atoms with van der Waals surface area (Å²) in [5.74, 6) is 1.07. The number of anilines is 3. The fourth-order valence-electron chi connectivity index (χ4n) is 6.80. The minimum absolute atomic E-state index is 0.468. The topological polar surface area (TPSA) is 85.2 Å². The van der Waals surface area contributed by atoms with Crippen molar-refractivity contribution in [3.63, 3.8) is 0 Å². The predicted octanol–water partition coefficient (Wildman–Crippen LogP) is 6.22. The molecular formula is C39H44N6O4. The molecule has 0 atom stereocenters. The molecule has 0 bridgehead atoms. The third-order valence-corrected chi connectivity index (χ3v) is 9.68. The van der Waals surface area contributed by atoms with Crippen molar-refractivity contribution in [3.05, 3.63) is 108 Å². The molecule has 0 unspecified atom stereocenters. The first-order valence-electron chi connectivity index (χ1n) is 17.3. The molecular weight excluding hydrogens is 616 g/mol. The second-order valence-electron chi connectivity index (χ2n) is 12.7. The fourth-order valence-corrected chi connectivity index (χ4v) is 6.80. The molecule has 1 aromatic heterocycles. The van der Waals surface area contributed by atoms with Crippen LogP contribution < -0.4 is 24.3 Å². The number of hydrogen-bond donors (Lipinski definition) is 0. The number of para-hydroxylation sites is 1. The number of fused-ring (bicyclic) bond motifs is 1. The number of piperidine rings is 1. The van der Waals surface area contributed by atoms with Crippen LogP contribution in [0.25, 0.3) is 11.0 Å². The molecule has 0 radical (unpaired) electrons. The minimum atomic E-state index is -0.471. The maximum absolute atomic E-state index is 12.8. The highest BCUT2D eigenvalue weighted by Gasteiger charge is 2.22. The molecule has 10 nitrogen and oxygen atoms in total. The van der Waals surface area contributed by atoms with Gasteiger partial charge in [0.1, 0.15) is 16.8 Å². The van der Waals surface area contributed by atoms with Gasteiger partial charge >= 0.3 is 5.97 Å². The Morgan fingerprint density at radius 1 is 0.694 bits per heavy atom. The molecule has 7 rings (SSSR count). The molecule has 0 spiro atoms. The normalized spacial score (nSPS) is 15.5. The summed E-state index contributed by atoms with van der Waals surface area (Å²) in [6.07, 6.45) is 4.34. The minimum Gasteiger partial charge on any atom is -0.494 e. The van der Waals surface area contributed by atoms with Gasteiger partial charge in [-0.2, -0.15) is 0 Å². The first-order chi connectivity index (χ1) is 24.1. The van der Waals surface area contributed by atoms with E-state index in [0.29, 0.717) is 22.5 Å². The predicted molar refractivity (Wildman–Crippen MR) is 193 cm³/mol. The third kappa shape index (κ3) is 7.81. The van der Waals surface area contributed by atoms with Crippen molar-refractivity contribution in [2.75, 3.05) is 74.3 Å². The molecule has 49 heavy (non-hydrogen) atoms. The van der Waals surface area contributed by atoms with Gasteiger partial charge in [-0.1, -0.05) is 29.1 Å². The molecule has 2 fully saturated rings. The van der Waals surface area contributed by atoms with Crippen LogP contribution in [0.5, 0.6) is 5.75 Å². The maximum Gasteiger partial charge on any atom is 0.365 e. The number of nitrogens with zero attached hydrogens (tertiary/aromatic N) is 6. The Bertz CT molecular complexity index is 1790. The summed E-state index contributed by atoms with van der Waals surface area (Å²) in [6, 6.07) is 32.8. The number of piperazine rings is 1. The fraction of sp³-hybridized carbons (Fsp3) is 0.359. The van der Waals surface area contributed by atoms with Crippen molar-refractivity contribution >= 4 is 34.1 Å². The van der Waals surface area contributed by atoms with E-state index in [1.54, 1.807) is 7.11 Å². The molecule has 254 valence electrons. The van der Waals surface area contributed by atoms with Gasteiger partial charge in [0.2, 0.25) is 0 Å². The van der Waals surface area contributed by atoms with Crippen LogP contribution in [0.2, 0.25) is 0 Å². The lowest BCUT2D eigenvalue weighted by atomic mass is 9.89. The van der Waals surface area contributed by atoms with Crippen molar-refractivity contribution in [2.24, 2.45) is 0 Å². The molecule has 2 saturated heterocycles. The monoisotopic (exact) mass is 660 g/mol. The summed E-state index contributed by atoms with van der Waals surface area (Å²) in [5, 5.41) is 7.98. The summed E-state index contributed by atoms with van der Waals surface area (Å²) in [5.41, 5.74) is 6.86. The van der Waals surface area contributed by atoms with Crippen molar-refractivity contribution in [2.45, 2.75) is 31.6 Å². The summed E-state index contributed by atoms with van der Waals surface area (Å²) in [7, 11) is 1.74. The Morgan fingerprint density at radius 2 is 1.27 bits per heavy atom. The van der Waals surface area contributed by atoms with Gasteiger partial charge in [-0.15, -0.1) is 5.10 Å². The number of aromatic nitrogens is 3. The van der Waals surface area contributed by atoms with Gasteiger partial charge in [0.05, 0.1) is 12.2 Å². The highest BCUT2D eigenvalue weighted by Crippen LogP contribution is 2.32. The van der Waals surface area contributed by atoms with Crippen LogP contribution in [0, 0.1) is 0 Å². The van der Waals surface area contributed by atoms with Gasteiger partial charge in [0, 0.05) is 70.0 Å². The molecule has 2 aliphatic heterocycles. The largest absolute Gasteiger partial charge is 0.494 e. The van der Waals surface area contributed by atoms with Gasteiger partial charge in [-0.25, -0.2) is 4.79 Å². The molecule has 0 aliphatic carbocycles. The molecule has 5 aromatic rings. The second kappa shape index (κ2) is 15.4. The zero-order valence-corrected chi connectivity index (χ0v) is 28.1. The number of rotatable bonds is 12. The molecule has 0 amide bonds. The molecule has 3 heterocycles. The van der Waals surface area contributed by atoms with E-state index in [9.17, 15) is 4.79 Å². The first kappa shape index (κ1) is 32.5. The Morgan fingerprint density at radius 3 is 1.90 bits per heavy atom. The highest BCUT2D eigenvalue weighted by atomic mass is 16.7. The van der Waals surface area contributed by atoms with Crippen LogP contribution in [-0.4, -0.2) is 80.7 Å². The summed E-state index contributed by atoms with van der Waals surface area (Å²) >= 11 is 0. The molecule has 2 aliphatic rings. The van der Waals surface area contributed by atoms with E-state index in [1.165, 1.54) is 21.8 Å². The number of ether oxygens (including phenoxy) is 2. The summed E-state index contributed by atoms with van der Waals surface area (Å²) in [6.45, 7) is 7.34. The average Bonchev–Trinajstić information content (AvgIpc) is 3.58. The standard InChI is InChI=1S/C39H44N6O4/c1-47-28-4-5-29-48-36-18-10-30(11-19-36)31-20-22-42(23-21-31)34-14-16-35(17-15-34)44-26-24-43(25-27-44)33-12-8-32(9-13-33)39(46)49-45-38-7-3-2-6-37(38)40-41-45/h2-3,6-19,31H,4-5,20-29H2,1H3. The van der Waals surface area contributed by atoms with Gasteiger partial charge in [0.25, 0.3) is 0 Å². The zero-order valence-electron chi connectivity index (χ0n) is 28.1. The van der Waals surface area contributed by atoms with Crippen molar-refractivity contribution in [1.82, 2.24) is 15.2 Å². The van der Waals surface area contributed by atoms with E-state index in [2.05, 4.69) is 73.5 Å². The van der Waals surface area contributed by atoms with Crippen LogP contribution in [0.3, 0.4) is 0 Å². The van der Waals surface area contributed by atoms with Crippen molar-refractivity contribution in [3.8, 4) is 5.75 Å². The van der Waals surface area contributed by atoms with Gasteiger partial charge in [0.15, 0.2) is 0 Å². The average molecular weight is 661 g/mol. The van der Waals surface area contributed by atoms with Crippen LogP contribution in [0.15, 0.2) is 97.1 Å². The quantitative estimate of drug-likeness (QED) is 0.114. The first-order valence-corrected chi connectivity index (χ1v) is 17.3. The summed E-state index contributed by atoms with van der Waals surface area (Å²) < 4.78 is 11.0. The smallest absolute Gasteiger partial charge is 0.365 e. The third-order valence-electron chi connectivity index (χ3n) is 9.68. The van der Waals surface area contributed by atoms with E-state index in [1.807, 2.05) is 48.5 Å². The number of carbonyl (C=O) groups is 1. The number of carbonyl (C=O) groups excluding carboxylic acids is 1. The Kier molecular flexibility index (Phi) is 10.2. The SMILES string of the molecule is COCCCCOc1ccc(C2CCN(c3ccc(N4CCN(c5ccc(C(=O)On6nnc7ccccc76)cc5)CC4)cc3)CC2)cc1. The van der Waals surface area contributed by atoms with Crippen LogP contribution in [0.4, 0.5) is 17.1 Å². The Labute approximate surface area is 287 Å². The molecule has 0 saturated carbocycles. The van der Waals surface area contributed by atoms with Crippen molar-refractivity contribution in [1.29, 1.82) is 0 Å². The number of unbranched alkanes of at least 4 members (excludes halogenated alkanes) is 1. The van der Waals surface area contributed by atoms with E-state index < -0.39 is 5.97 Å². The van der Waals surface area contributed by atoms with Crippen LogP contribution in [0.1, 0.15) is 47.5 Å². The Balaban J connectivity index is 0.855. The Hall–Kier alpha value is -5.09. The second-order valence-corrected chi connectivity index (χ2v) is 12.7. The summed E-state index contributed by atoms with van der Waals surface area (Å²) in [4.78, 5) is 26.7. The van der Waals surface area contributed by atoms with E-state index in [-0.39, 0.29) is 0 Å². The zero-order chi connectivity index (χ0) is 33.4. The van der Waals surface area contributed by atoms with Gasteiger partial charge < -0.3 is 29.0 Å². The molecule has 0 N–H and O–H groups in total. The van der Waals surface area contributed by atoms with E-state index in [4.69, 9.17) is 14.3 Å². The van der Waals surface area contributed by atoms with E-state index in [0.717, 1.165) is 89.6 Å². The number of benzene rings is 4. The number of methoxy groups -OCH3 is 1. The van der Waals surface area contributed by atoms with E-state index >= 15 is 0 Å². The van der Waals surface area contributed by atoms with Crippen LogP contribution in [-0.2, 0) is 4.74 Å². The van der Waals surface area contributed by atoms with Crippen molar-refractivity contribution < 1.29 is 19.1 Å². The maximum atomic E-state index is 12.8. The number of hydrogen-bond acceptors (Lipinski definition) is 9. The van der Waals surface area contributed by atoms with Gasteiger partial charge in [-0.3, -0.25) is 0 Å². The lowest BCUT2D eigenvalue weighted by molar-refractivity contribution is 0.0409. The highest BCUT2D eigenvalue weighted by molar-refractivity contribution is 5.90. The van der Waals surface area contributed by atoms with Crippen LogP contribution >= 0.6 is 0 Å². The van der Waals surface area contributed by atoms with Gasteiger partial charge in [-0.05, 0) is 115 Å².